The Morgan fingerprint density at radius 2 is 0.465 bits per heavy atom. The predicted octanol–water partition coefficient (Wildman–Crippen LogP) is 23.9. The van der Waals surface area contributed by atoms with Crippen molar-refractivity contribution in [3.63, 3.8) is 0 Å². The summed E-state index contributed by atoms with van der Waals surface area (Å²) in [5.41, 5.74) is 0. The van der Waals surface area contributed by atoms with Crippen molar-refractivity contribution < 1.29 is 80.2 Å². The van der Waals surface area contributed by atoms with Crippen LogP contribution in [0.25, 0.3) is 0 Å². The highest BCUT2D eigenvalue weighted by Gasteiger charge is 2.30. The number of carbonyl (C=O) groups excluding carboxylic acids is 4. The van der Waals surface area contributed by atoms with Crippen LogP contribution in [0.15, 0.2) is 0 Å². The second-order valence-electron chi connectivity index (χ2n) is 29.8. The molecule has 0 rings (SSSR count). The molecular weight excluding hydrogens is 1290 g/mol. The lowest BCUT2D eigenvalue weighted by atomic mass is 10.0. The molecule has 99 heavy (non-hydrogen) atoms. The molecule has 0 spiro atoms. The van der Waals surface area contributed by atoms with Crippen LogP contribution in [0.5, 0.6) is 0 Å². The maximum Gasteiger partial charge on any atom is 0.472 e. The average molecular weight is 1450 g/mol. The fourth-order valence-electron chi connectivity index (χ4n) is 12.4. The van der Waals surface area contributed by atoms with Gasteiger partial charge >= 0.3 is 39.5 Å². The zero-order valence-corrected chi connectivity index (χ0v) is 66.6. The molecule has 17 nitrogen and oxygen atoms in total. The summed E-state index contributed by atoms with van der Waals surface area (Å²) >= 11 is 0. The molecule has 588 valence electrons. The molecule has 0 amide bonds. The number of aliphatic hydroxyl groups is 1. The summed E-state index contributed by atoms with van der Waals surface area (Å²) in [6.45, 7) is 9.64. The second kappa shape index (κ2) is 71.7. The van der Waals surface area contributed by atoms with E-state index in [1.807, 2.05) is 0 Å². The van der Waals surface area contributed by atoms with Gasteiger partial charge in [-0.25, -0.2) is 9.13 Å². The van der Waals surface area contributed by atoms with Crippen LogP contribution in [-0.4, -0.2) is 96.7 Å². The van der Waals surface area contributed by atoms with E-state index in [-0.39, 0.29) is 25.7 Å². The Balaban J connectivity index is 5.23. The molecule has 0 aliphatic heterocycles. The number of unbranched alkanes of at least 4 members (excludes halogenated alkanes) is 49. The molecule has 2 unspecified atom stereocenters. The van der Waals surface area contributed by atoms with Gasteiger partial charge in [-0.2, -0.15) is 0 Å². The second-order valence-corrected chi connectivity index (χ2v) is 32.7. The molecular formula is C80H156O17P2. The lowest BCUT2D eigenvalue weighted by Crippen LogP contribution is -2.30. The number of hydrogen-bond donors (Lipinski definition) is 3. The van der Waals surface area contributed by atoms with Gasteiger partial charge < -0.3 is 33.8 Å². The molecule has 0 saturated heterocycles. The average Bonchev–Trinajstić information content (AvgIpc) is 0.953. The lowest BCUT2D eigenvalue weighted by molar-refractivity contribution is -0.161. The standard InChI is InChI=1S/C80H156O17P2/c1-7-9-11-13-15-17-19-20-21-22-23-26-29-32-39-45-51-57-63-78(83)91-69-76(96-79(84)64-58-52-46-40-33-30-27-24-25-28-31-36-42-48-54-60-72(3)4)71-95-99(88,89)93-67-74(81)66-92-98(86,87)94-70-75(68-90-77(82)62-56-50-44-38-18-16-14-12-10-8-2)97-80(85)65-59-53-47-41-35-34-37-43-49-55-61-73(5)6/h72-76,81H,7-71H2,1-6H3,(H,86,87)(H,88,89)/t74-,75+,76+/m0/s1. The van der Waals surface area contributed by atoms with Crippen LogP contribution in [0.4, 0.5) is 0 Å². The molecule has 0 aromatic carbocycles. The minimum Gasteiger partial charge on any atom is -0.462 e. The Labute approximate surface area is 607 Å². The smallest absolute Gasteiger partial charge is 0.462 e. The normalized spacial score (nSPS) is 13.9. The number of phosphoric acid groups is 2. The molecule has 0 fully saturated rings. The minimum absolute atomic E-state index is 0.106. The van der Waals surface area contributed by atoms with Gasteiger partial charge in [0.1, 0.15) is 19.3 Å². The van der Waals surface area contributed by atoms with Crippen molar-refractivity contribution in [1.82, 2.24) is 0 Å². The molecule has 0 aliphatic carbocycles. The molecule has 0 saturated carbocycles. The first-order chi connectivity index (χ1) is 47.9. The number of esters is 4. The zero-order valence-electron chi connectivity index (χ0n) is 64.8. The Morgan fingerprint density at radius 3 is 0.687 bits per heavy atom. The SMILES string of the molecule is CCCCCCCCCCCCCCCCCCCCC(=O)OC[C@H](COP(=O)(O)OC[C@@H](O)COP(=O)(O)OC[C@@H](COC(=O)CCCCCCCCCCCC)OC(=O)CCCCCCCCCCCCC(C)C)OC(=O)CCCCCCCCCCCCCCCCCC(C)C. The van der Waals surface area contributed by atoms with E-state index in [2.05, 4.69) is 41.5 Å². The maximum atomic E-state index is 13.1. The first kappa shape index (κ1) is 97.1. The molecule has 5 atom stereocenters. The van der Waals surface area contributed by atoms with Crippen LogP contribution in [-0.2, 0) is 65.4 Å². The monoisotopic (exact) mass is 1450 g/mol. The fraction of sp³-hybridized carbons (Fsp3) is 0.950. The van der Waals surface area contributed by atoms with Gasteiger partial charge in [-0.05, 0) is 37.5 Å². The summed E-state index contributed by atoms with van der Waals surface area (Å²) in [5.74, 6) is -0.555. The fourth-order valence-corrected chi connectivity index (χ4v) is 13.9. The van der Waals surface area contributed by atoms with E-state index in [0.29, 0.717) is 25.7 Å². The van der Waals surface area contributed by atoms with Gasteiger partial charge in [0.25, 0.3) is 0 Å². The quantitative estimate of drug-likeness (QED) is 0.0222. The lowest BCUT2D eigenvalue weighted by Gasteiger charge is -2.21. The zero-order chi connectivity index (χ0) is 72.8. The van der Waals surface area contributed by atoms with Crippen LogP contribution in [0.3, 0.4) is 0 Å². The third-order valence-corrected chi connectivity index (χ3v) is 20.6. The largest absolute Gasteiger partial charge is 0.472 e. The van der Waals surface area contributed by atoms with E-state index < -0.39 is 97.5 Å². The van der Waals surface area contributed by atoms with Gasteiger partial charge in [0.05, 0.1) is 26.4 Å². The Bertz CT molecular complexity index is 1910. The number of ether oxygens (including phenoxy) is 4. The highest BCUT2D eigenvalue weighted by Crippen LogP contribution is 2.45. The summed E-state index contributed by atoms with van der Waals surface area (Å²) in [5, 5.41) is 10.6. The molecule has 0 aliphatic rings. The van der Waals surface area contributed by atoms with E-state index in [1.165, 1.54) is 238 Å². The summed E-state index contributed by atoms with van der Waals surface area (Å²) in [4.78, 5) is 73.0. The molecule has 0 bridgehead atoms. The van der Waals surface area contributed by atoms with Crippen molar-refractivity contribution >= 4 is 39.5 Å². The van der Waals surface area contributed by atoms with Crippen molar-refractivity contribution in [3.8, 4) is 0 Å². The first-order valence-corrected chi connectivity index (χ1v) is 44.5. The van der Waals surface area contributed by atoms with Gasteiger partial charge in [0.15, 0.2) is 12.2 Å². The van der Waals surface area contributed by atoms with E-state index in [1.54, 1.807) is 0 Å². The maximum absolute atomic E-state index is 13.1. The van der Waals surface area contributed by atoms with Gasteiger partial charge in [-0.15, -0.1) is 0 Å². The number of hydrogen-bond acceptors (Lipinski definition) is 15. The number of carbonyl (C=O) groups is 4. The van der Waals surface area contributed by atoms with Crippen LogP contribution in [0.2, 0.25) is 0 Å². The summed E-state index contributed by atoms with van der Waals surface area (Å²) in [6.07, 6.45) is 61.0. The third kappa shape index (κ3) is 74.1. The predicted molar refractivity (Wildman–Crippen MR) is 405 cm³/mol. The topological polar surface area (TPSA) is 237 Å². The highest BCUT2D eigenvalue weighted by molar-refractivity contribution is 7.47. The summed E-state index contributed by atoms with van der Waals surface area (Å²) in [7, 11) is -9.92. The molecule has 3 N–H and O–H groups in total. The van der Waals surface area contributed by atoms with Gasteiger partial charge in [-0.1, -0.05) is 369 Å². The highest BCUT2D eigenvalue weighted by atomic mass is 31.2. The Hall–Kier alpha value is -1.94. The number of rotatable bonds is 79. The van der Waals surface area contributed by atoms with Crippen molar-refractivity contribution in [2.75, 3.05) is 39.6 Å². The molecule has 0 aromatic heterocycles. The van der Waals surface area contributed by atoms with Crippen LogP contribution in [0, 0.1) is 11.8 Å². The van der Waals surface area contributed by atoms with Crippen LogP contribution >= 0.6 is 15.6 Å². The summed E-state index contributed by atoms with van der Waals surface area (Å²) in [6, 6.07) is 0. The van der Waals surface area contributed by atoms with E-state index in [9.17, 15) is 43.2 Å². The minimum atomic E-state index is -4.96. The first-order valence-electron chi connectivity index (χ1n) is 41.5. The van der Waals surface area contributed by atoms with Gasteiger partial charge in [-0.3, -0.25) is 37.3 Å². The van der Waals surface area contributed by atoms with E-state index >= 15 is 0 Å². The van der Waals surface area contributed by atoms with Crippen molar-refractivity contribution in [1.29, 1.82) is 0 Å². The van der Waals surface area contributed by atoms with Gasteiger partial charge in [0.2, 0.25) is 0 Å². The Morgan fingerprint density at radius 1 is 0.273 bits per heavy atom. The third-order valence-electron chi connectivity index (χ3n) is 18.7. The van der Waals surface area contributed by atoms with Crippen LogP contribution in [0.1, 0.15) is 420 Å². The van der Waals surface area contributed by atoms with E-state index in [4.69, 9.17) is 37.0 Å². The molecule has 0 aromatic rings. The number of phosphoric ester groups is 2. The number of aliphatic hydroxyl groups excluding tert-OH is 1. The van der Waals surface area contributed by atoms with Crippen molar-refractivity contribution in [3.05, 3.63) is 0 Å². The van der Waals surface area contributed by atoms with E-state index in [0.717, 1.165) is 102 Å². The van der Waals surface area contributed by atoms with Crippen LogP contribution < -0.4 is 0 Å². The van der Waals surface area contributed by atoms with Gasteiger partial charge in [0, 0.05) is 25.7 Å². The summed E-state index contributed by atoms with van der Waals surface area (Å²) < 4.78 is 68.7. The molecule has 0 radical (unpaired) electrons. The van der Waals surface area contributed by atoms with Crippen molar-refractivity contribution in [2.24, 2.45) is 11.8 Å². The van der Waals surface area contributed by atoms with Crippen molar-refractivity contribution in [2.45, 2.75) is 439 Å². The molecule has 0 heterocycles. The molecule has 19 heteroatoms. The Kier molecular flexibility index (Phi) is 70.3.